The average molecular weight is 369 g/mol. The van der Waals surface area contributed by atoms with E-state index in [9.17, 15) is 4.79 Å². The number of alkyl halides is 1. The average Bonchev–Trinajstić information content (AvgIpc) is 2.69. The van der Waals surface area contributed by atoms with E-state index in [1.54, 1.807) is 4.90 Å². The fraction of sp³-hybridized carbons (Fsp3) is 0.545. The quantitative estimate of drug-likeness (QED) is 0.545. The van der Waals surface area contributed by atoms with Gasteiger partial charge in [0, 0.05) is 23.4 Å². The summed E-state index contributed by atoms with van der Waals surface area (Å²) in [6, 6.07) is 1.91. The fourth-order valence-corrected chi connectivity index (χ4v) is 3.27. The van der Waals surface area contributed by atoms with Gasteiger partial charge in [-0.05, 0) is 40.2 Å². The van der Waals surface area contributed by atoms with Crippen LogP contribution in [0.5, 0.6) is 0 Å². The lowest BCUT2D eigenvalue weighted by Crippen LogP contribution is -2.27. The zero-order chi connectivity index (χ0) is 12.0. The molecule has 0 saturated heterocycles. The molecule has 1 rings (SSSR count). The SMILES string of the molecule is CN(CCCCCBr)C(=O)c1sccc1Br. The molecule has 0 aliphatic heterocycles. The van der Waals surface area contributed by atoms with Gasteiger partial charge in [-0.1, -0.05) is 22.4 Å². The third-order valence-corrected chi connectivity index (χ3v) is 4.67. The monoisotopic (exact) mass is 367 g/mol. The minimum Gasteiger partial charge on any atom is -0.341 e. The number of hydrogen-bond donors (Lipinski definition) is 0. The van der Waals surface area contributed by atoms with E-state index in [0.29, 0.717) is 0 Å². The van der Waals surface area contributed by atoms with E-state index in [1.165, 1.54) is 17.8 Å². The number of rotatable bonds is 6. The van der Waals surface area contributed by atoms with Crippen LogP contribution in [0.2, 0.25) is 0 Å². The predicted molar refractivity (Wildman–Crippen MR) is 76.6 cm³/mol. The van der Waals surface area contributed by atoms with Crippen molar-refractivity contribution < 1.29 is 4.79 Å². The van der Waals surface area contributed by atoms with Gasteiger partial charge in [0.05, 0.1) is 0 Å². The topological polar surface area (TPSA) is 20.3 Å². The first-order valence-corrected chi connectivity index (χ1v) is 8.00. The molecule has 5 heteroatoms. The van der Waals surface area contributed by atoms with Crippen molar-refractivity contribution in [3.05, 3.63) is 20.8 Å². The van der Waals surface area contributed by atoms with Crippen LogP contribution in [0, 0.1) is 0 Å². The molecular weight excluding hydrogens is 354 g/mol. The third-order valence-electron chi connectivity index (χ3n) is 2.29. The molecule has 0 spiro atoms. The van der Waals surface area contributed by atoms with Gasteiger partial charge in [-0.15, -0.1) is 11.3 Å². The molecule has 0 radical (unpaired) electrons. The van der Waals surface area contributed by atoms with Crippen LogP contribution in [0.1, 0.15) is 28.9 Å². The summed E-state index contributed by atoms with van der Waals surface area (Å²) in [5.41, 5.74) is 0. The number of halogens is 2. The standard InChI is InChI=1S/C11H15Br2NOS/c1-14(7-4-2-3-6-12)11(15)10-9(13)5-8-16-10/h5,8H,2-4,6-7H2,1H3. The lowest BCUT2D eigenvalue weighted by Gasteiger charge is -2.16. The van der Waals surface area contributed by atoms with Crippen LogP contribution in [-0.4, -0.2) is 29.7 Å². The van der Waals surface area contributed by atoms with Crippen LogP contribution in [0.3, 0.4) is 0 Å². The number of carbonyl (C=O) groups is 1. The minimum atomic E-state index is 0.112. The molecule has 90 valence electrons. The maximum Gasteiger partial charge on any atom is 0.264 e. The van der Waals surface area contributed by atoms with E-state index in [-0.39, 0.29) is 5.91 Å². The predicted octanol–water partition coefficient (Wildman–Crippen LogP) is 4.15. The van der Waals surface area contributed by atoms with Gasteiger partial charge < -0.3 is 4.90 Å². The van der Waals surface area contributed by atoms with E-state index >= 15 is 0 Å². The van der Waals surface area contributed by atoms with Crippen molar-refractivity contribution >= 4 is 49.1 Å². The van der Waals surface area contributed by atoms with Crippen LogP contribution >= 0.6 is 43.2 Å². The van der Waals surface area contributed by atoms with Crippen molar-refractivity contribution in [2.24, 2.45) is 0 Å². The highest BCUT2D eigenvalue weighted by Gasteiger charge is 2.15. The van der Waals surface area contributed by atoms with Crippen LogP contribution in [0.4, 0.5) is 0 Å². The van der Waals surface area contributed by atoms with Gasteiger partial charge in [0.15, 0.2) is 0 Å². The number of unbranched alkanes of at least 4 members (excludes halogenated alkanes) is 2. The smallest absolute Gasteiger partial charge is 0.264 e. The summed E-state index contributed by atoms with van der Waals surface area (Å²) in [6.45, 7) is 0.830. The molecule has 0 aliphatic carbocycles. The molecule has 0 unspecified atom stereocenters. The molecule has 0 aliphatic rings. The van der Waals surface area contributed by atoms with Crippen LogP contribution in [0.25, 0.3) is 0 Å². The molecule has 0 N–H and O–H groups in total. The van der Waals surface area contributed by atoms with E-state index in [4.69, 9.17) is 0 Å². The Hall–Kier alpha value is 0.130. The summed E-state index contributed by atoms with van der Waals surface area (Å²) in [7, 11) is 1.86. The highest BCUT2D eigenvalue weighted by atomic mass is 79.9. The van der Waals surface area contributed by atoms with Crippen molar-refractivity contribution in [3.63, 3.8) is 0 Å². The lowest BCUT2D eigenvalue weighted by molar-refractivity contribution is 0.0796. The molecule has 16 heavy (non-hydrogen) atoms. The largest absolute Gasteiger partial charge is 0.341 e. The Labute approximate surface area is 117 Å². The van der Waals surface area contributed by atoms with Gasteiger partial charge in [-0.2, -0.15) is 0 Å². The van der Waals surface area contributed by atoms with Crippen molar-refractivity contribution in [1.29, 1.82) is 0 Å². The number of hydrogen-bond acceptors (Lipinski definition) is 2. The van der Waals surface area contributed by atoms with Gasteiger partial charge >= 0.3 is 0 Å². The van der Waals surface area contributed by atoms with Crippen molar-refractivity contribution in [1.82, 2.24) is 4.90 Å². The van der Waals surface area contributed by atoms with Gasteiger partial charge in [-0.3, -0.25) is 4.79 Å². The fourth-order valence-electron chi connectivity index (χ4n) is 1.34. The number of thiophene rings is 1. The van der Waals surface area contributed by atoms with Crippen LogP contribution < -0.4 is 0 Å². The molecule has 2 nitrogen and oxygen atoms in total. The second-order valence-corrected chi connectivity index (χ2v) is 6.14. The molecule has 1 heterocycles. The first-order chi connectivity index (χ1) is 7.66. The highest BCUT2D eigenvalue weighted by molar-refractivity contribution is 9.10. The Kier molecular flexibility index (Phi) is 6.61. The zero-order valence-corrected chi connectivity index (χ0v) is 13.2. The van der Waals surface area contributed by atoms with Crippen molar-refractivity contribution in [3.8, 4) is 0 Å². The normalized spacial score (nSPS) is 10.4. The molecule has 0 bridgehead atoms. The molecule has 1 aromatic heterocycles. The summed E-state index contributed by atoms with van der Waals surface area (Å²) in [5.74, 6) is 0.112. The van der Waals surface area contributed by atoms with Gasteiger partial charge in [0.2, 0.25) is 0 Å². The second kappa shape index (κ2) is 7.45. The summed E-state index contributed by atoms with van der Waals surface area (Å²) < 4.78 is 0.898. The van der Waals surface area contributed by atoms with E-state index in [2.05, 4.69) is 31.9 Å². The maximum atomic E-state index is 12.0. The Balaban J connectivity index is 2.40. The Morgan fingerprint density at radius 1 is 1.44 bits per heavy atom. The minimum absolute atomic E-state index is 0.112. The molecule has 0 fully saturated rings. The Morgan fingerprint density at radius 3 is 2.75 bits per heavy atom. The first-order valence-electron chi connectivity index (χ1n) is 5.21. The highest BCUT2D eigenvalue weighted by Crippen LogP contribution is 2.23. The van der Waals surface area contributed by atoms with Crippen LogP contribution in [-0.2, 0) is 0 Å². The zero-order valence-electron chi connectivity index (χ0n) is 9.21. The molecule has 0 aromatic carbocycles. The summed E-state index contributed by atoms with van der Waals surface area (Å²) in [5, 5.41) is 2.97. The maximum absolute atomic E-state index is 12.0. The first kappa shape index (κ1) is 14.2. The molecule has 1 aromatic rings. The van der Waals surface area contributed by atoms with E-state index < -0.39 is 0 Å². The van der Waals surface area contributed by atoms with Gasteiger partial charge in [-0.25, -0.2) is 0 Å². The van der Waals surface area contributed by atoms with Gasteiger partial charge in [0.25, 0.3) is 5.91 Å². The summed E-state index contributed by atoms with van der Waals surface area (Å²) in [4.78, 5) is 14.6. The summed E-state index contributed by atoms with van der Waals surface area (Å²) in [6.07, 6.45) is 3.40. The number of nitrogens with zero attached hydrogens (tertiary/aromatic N) is 1. The van der Waals surface area contributed by atoms with Crippen LogP contribution in [0.15, 0.2) is 15.9 Å². The Morgan fingerprint density at radius 2 is 2.19 bits per heavy atom. The molecule has 1 amide bonds. The van der Waals surface area contributed by atoms with E-state index in [1.807, 2.05) is 18.5 Å². The lowest BCUT2D eigenvalue weighted by atomic mass is 10.2. The van der Waals surface area contributed by atoms with E-state index in [0.717, 1.165) is 34.1 Å². The molecular formula is C11H15Br2NOS. The second-order valence-electron chi connectivity index (χ2n) is 3.57. The van der Waals surface area contributed by atoms with Crippen molar-refractivity contribution in [2.75, 3.05) is 18.9 Å². The summed E-state index contributed by atoms with van der Waals surface area (Å²) >= 11 is 8.27. The number of amides is 1. The number of carbonyl (C=O) groups excluding carboxylic acids is 1. The molecule has 0 saturated carbocycles. The third kappa shape index (κ3) is 4.18. The van der Waals surface area contributed by atoms with Gasteiger partial charge in [0.1, 0.15) is 4.88 Å². The Bertz CT molecular complexity index is 340. The van der Waals surface area contributed by atoms with Crippen molar-refractivity contribution in [2.45, 2.75) is 19.3 Å². The molecule has 0 atom stereocenters.